The monoisotopic (exact) mass is 252 g/mol. The number of aromatic nitrogens is 1. The molecule has 1 N–H and O–H groups in total. The smallest absolute Gasteiger partial charge is 0.0531 e. The molecule has 1 aromatic carbocycles. The summed E-state index contributed by atoms with van der Waals surface area (Å²) in [6.45, 7) is 4.24. The van der Waals surface area contributed by atoms with Gasteiger partial charge in [-0.25, -0.2) is 0 Å². The highest BCUT2D eigenvalue weighted by molar-refractivity contribution is 5.44. The van der Waals surface area contributed by atoms with Crippen LogP contribution in [0.5, 0.6) is 0 Å². The number of pyridine rings is 1. The number of nitrogens with one attached hydrogen (secondary N) is 1. The van der Waals surface area contributed by atoms with Gasteiger partial charge in [-0.2, -0.15) is 0 Å². The van der Waals surface area contributed by atoms with Crippen LogP contribution in [0.15, 0.2) is 42.7 Å². The Balaban J connectivity index is 1.58. The van der Waals surface area contributed by atoms with Crippen LogP contribution in [0.3, 0.4) is 0 Å². The van der Waals surface area contributed by atoms with Crippen molar-refractivity contribution in [2.24, 2.45) is 0 Å². The molecule has 1 aliphatic carbocycles. The van der Waals surface area contributed by atoms with Crippen LogP contribution in [0.25, 0.3) is 0 Å². The molecule has 98 valence electrons. The van der Waals surface area contributed by atoms with E-state index in [-0.39, 0.29) is 0 Å². The highest BCUT2D eigenvalue weighted by Crippen LogP contribution is 2.38. The van der Waals surface area contributed by atoms with Crippen molar-refractivity contribution < 1.29 is 0 Å². The van der Waals surface area contributed by atoms with E-state index in [1.54, 1.807) is 0 Å². The Kier molecular flexibility index (Phi) is 3.24. The summed E-state index contributed by atoms with van der Waals surface area (Å²) in [5.41, 5.74) is 5.20. The van der Waals surface area contributed by atoms with Gasteiger partial charge in [0.2, 0.25) is 0 Å². The molecule has 0 radical (unpaired) electrons. The molecular formula is C17H20N2. The van der Waals surface area contributed by atoms with Crippen molar-refractivity contribution in [3.63, 3.8) is 0 Å². The van der Waals surface area contributed by atoms with Gasteiger partial charge in [-0.05, 0) is 49.8 Å². The Hall–Kier alpha value is -1.83. The highest BCUT2D eigenvalue weighted by atomic mass is 14.9. The lowest BCUT2D eigenvalue weighted by atomic mass is 9.75. The zero-order valence-corrected chi connectivity index (χ0v) is 11.6. The number of rotatable bonds is 3. The molecule has 0 saturated heterocycles. The summed E-state index contributed by atoms with van der Waals surface area (Å²) in [5, 5.41) is 3.57. The third-order valence-electron chi connectivity index (χ3n) is 3.90. The molecular weight excluding hydrogens is 232 g/mol. The molecule has 0 bridgehead atoms. The van der Waals surface area contributed by atoms with Gasteiger partial charge in [0, 0.05) is 18.4 Å². The Morgan fingerprint density at radius 1 is 1.05 bits per heavy atom. The van der Waals surface area contributed by atoms with Crippen molar-refractivity contribution in [2.45, 2.75) is 38.6 Å². The zero-order valence-electron chi connectivity index (χ0n) is 11.6. The maximum Gasteiger partial charge on any atom is 0.0531 e. The third-order valence-corrected chi connectivity index (χ3v) is 3.90. The van der Waals surface area contributed by atoms with Gasteiger partial charge in [-0.3, -0.25) is 4.98 Å². The van der Waals surface area contributed by atoms with Crippen LogP contribution in [-0.2, 0) is 0 Å². The normalized spacial score (nSPS) is 21.8. The summed E-state index contributed by atoms with van der Waals surface area (Å²) in [6, 6.07) is 11.6. The first-order valence-electron chi connectivity index (χ1n) is 6.95. The highest BCUT2D eigenvalue weighted by Gasteiger charge is 2.30. The first-order valence-corrected chi connectivity index (χ1v) is 6.95. The minimum Gasteiger partial charge on any atom is -0.381 e. The van der Waals surface area contributed by atoms with Crippen LogP contribution in [0, 0.1) is 13.8 Å². The second kappa shape index (κ2) is 5.04. The Bertz CT molecular complexity index is 571. The van der Waals surface area contributed by atoms with Crippen LogP contribution in [0.4, 0.5) is 5.69 Å². The van der Waals surface area contributed by atoms with E-state index in [2.05, 4.69) is 54.5 Å². The molecule has 1 heterocycles. The Morgan fingerprint density at radius 2 is 1.89 bits per heavy atom. The van der Waals surface area contributed by atoms with Crippen molar-refractivity contribution >= 4 is 5.69 Å². The van der Waals surface area contributed by atoms with Gasteiger partial charge in [0.1, 0.15) is 0 Å². The zero-order chi connectivity index (χ0) is 13.2. The SMILES string of the molecule is Cc1cncc(NC2CC(c3cccc(C)c3)C2)c1. The number of hydrogen-bond acceptors (Lipinski definition) is 2. The van der Waals surface area contributed by atoms with E-state index in [0.29, 0.717) is 6.04 Å². The lowest BCUT2D eigenvalue weighted by Gasteiger charge is -2.37. The summed E-state index contributed by atoms with van der Waals surface area (Å²) in [6.07, 6.45) is 6.24. The molecule has 0 aliphatic heterocycles. The van der Waals surface area contributed by atoms with E-state index >= 15 is 0 Å². The van der Waals surface area contributed by atoms with Gasteiger partial charge >= 0.3 is 0 Å². The summed E-state index contributed by atoms with van der Waals surface area (Å²) in [7, 11) is 0. The first kappa shape index (κ1) is 12.2. The van der Waals surface area contributed by atoms with Crippen LogP contribution >= 0.6 is 0 Å². The van der Waals surface area contributed by atoms with Gasteiger partial charge in [0.15, 0.2) is 0 Å². The number of anilines is 1. The molecule has 1 aliphatic rings. The van der Waals surface area contributed by atoms with Gasteiger partial charge < -0.3 is 5.32 Å². The van der Waals surface area contributed by atoms with Crippen LogP contribution in [-0.4, -0.2) is 11.0 Å². The molecule has 2 nitrogen and oxygen atoms in total. The molecule has 0 unspecified atom stereocenters. The van der Waals surface area contributed by atoms with E-state index in [0.717, 1.165) is 11.6 Å². The number of hydrogen-bond donors (Lipinski definition) is 1. The fourth-order valence-electron chi connectivity index (χ4n) is 2.80. The molecule has 1 saturated carbocycles. The quantitative estimate of drug-likeness (QED) is 0.891. The number of nitrogens with zero attached hydrogens (tertiary/aromatic N) is 1. The van der Waals surface area contributed by atoms with Gasteiger partial charge in [0.25, 0.3) is 0 Å². The van der Waals surface area contributed by atoms with Gasteiger partial charge in [-0.1, -0.05) is 29.8 Å². The predicted octanol–water partition coefficient (Wildman–Crippen LogP) is 4.06. The second-order valence-electron chi connectivity index (χ2n) is 5.67. The standard InChI is InChI=1S/C17H20N2/c1-12-4-3-5-14(6-12)15-8-16(9-15)19-17-7-13(2)10-18-11-17/h3-7,10-11,15-16,19H,8-9H2,1-2H3. The van der Waals surface area contributed by atoms with Crippen molar-refractivity contribution in [1.29, 1.82) is 0 Å². The number of aryl methyl sites for hydroxylation is 2. The third kappa shape index (κ3) is 2.78. The largest absolute Gasteiger partial charge is 0.381 e. The summed E-state index contributed by atoms with van der Waals surface area (Å²) in [5.74, 6) is 0.718. The van der Waals surface area contributed by atoms with E-state index < -0.39 is 0 Å². The predicted molar refractivity (Wildman–Crippen MR) is 79.5 cm³/mol. The fourth-order valence-corrected chi connectivity index (χ4v) is 2.80. The van der Waals surface area contributed by atoms with Crippen molar-refractivity contribution in [2.75, 3.05) is 5.32 Å². The van der Waals surface area contributed by atoms with Crippen molar-refractivity contribution in [1.82, 2.24) is 4.98 Å². The molecule has 0 amide bonds. The van der Waals surface area contributed by atoms with E-state index in [1.807, 2.05) is 12.4 Å². The van der Waals surface area contributed by atoms with Crippen LogP contribution < -0.4 is 5.32 Å². The Morgan fingerprint density at radius 3 is 2.63 bits per heavy atom. The lowest BCUT2D eigenvalue weighted by molar-refractivity contribution is 0.374. The van der Waals surface area contributed by atoms with Crippen LogP contribution in [0.2, 0.25) is 0 Å². The summed E-state index contributed by atoms with van der Waals surface area (Å²) in [4.78, 5) is 4.22. The van der Waals surface area contributed by atoms with Crippen molar-refractivity contribution in [3.8, 4) is 0 Å². The lowest BCUT2D eigenvalue weighted by Crippen LogP contribution is -2.34. The number of benzene rings is 1. The van der Waals surface area contributed by atoms with E-state index in [4.69, 9.17) is 0 Å². The molecule has 1 fully saturated rings. The molecule has 19 heavy (non-hydrogen) atoms. The molecule has 2 aromatic rings. The molecule has 1 aromatic heterocycles. The van der Waals surface area contributed by atoms with Gasteiger partial charge in [0.05, 0.1) is 5.69 Å². The fraction of sp³-hybridized carbons (Fsp3) is 0.353. The second-order valence-corrected chi connectivity index (χ2v) is 5.67. The first-order chi connectivity index (χ1) is 9.20. The van der Waals surface area contributed by atoms with Crippen LogP contribution in [0.1, 0.15) is 35.4 Å². The maximum atomic E-state index is 4.22. The van der Waals surface area contributed by atoms with Gasteiger partial charge in [-0.15, -0.1) is 0 Å². The van der Waals surface area contributed by atoms with Crippen molar-refractivity contribution in [3.05, 3.63) is 59.4 Å². The Labute approximate surface area is 114 Å². The topological polar surface area (TPSA) is 24.9 Å². The molecule has 3 rings (SSSR count). The maximum absolute atomic E-state index is 4.22. The summed E-state index contributed by atoms with van der Waals surface area (Å²) < 4.78 is 0. The minimum atomic E-state index is 0.592. The molecule has 0 atom stereocenters. The van der Waals surface area contributed by atoms with E-state index in [9.17, 15) is 0 Å². The molecule has 2 heteroatoms. The molecule has 0 spiro atoms. The average Bonchev–Trinajstić information content (AvgIpc) is 2.33. The average molecular weight is 252 g/mol. The minimum absolute atomic E-state index is 0.592. The summed E-state index contributed by atoms with van der Waals surface area (Å²) >= 11 is 0. The van der Waals surface area contributed by atoms with E-state index in [1.165, 1.54) is 29.5 Å².